The van der Waals surface area contributed by atoms with Crippen LogP contribution in [-0.2, 0) is 14.4 Å². The van der Waals surface area contributed by atoms with Gasteiger partial charge < -0.3 is 9.84 Å². The van der Waals surface area contributed by atoms with Crippen LogP contribution in [0.5, 0.6) is 0 Å². The monoisotopic (exact) mass is 274 g/mol. The lowest BCUT2D eigenvalue weighted by Gasteiger charge is -2.29. The van der Waals surface area contributed by atoms with Crippen LogP contribution in [0.4, 0.5) is 4.79 Å². The van der Waals surface area contributed by atoms with Gasteiger partial charge in [-0.25, -0.2) is 9.86 Å². The number of carbonyl (C=O) groups is 2. The molecule has 0 aliphatic carbocycles. The van der Waals surface area contributed by atoms with E-state index in [4.69, 9.17) is 9.57 Å². The predicted molar refractivity (Wildman–Crippen MR) is 67.1 cm³/mol. The van der Waals surface area contributed by atoms with Crippen molar-refractivity contribution in [3.63, 3.8) is 0 Å². The van der Waals surface area contributed by atoms with Gasteiger partial charge in [-0.2, -0.15) is 0 Å². The predicted octanol–water partition coefficient (Wildman–Crippen LogP) is 0.376. The topological polar surface area (TPSA) is 79.3 Å². The van der Waals surface area contributed by atoms with E-state index in [1.165, 1.54) is 19.1 Å². The molecule has 7 nitrogen and oxygen atoms in total. The van der Waals surface area contributed by atoms with Gasteiger partial charge in [0.2, 0.25) is 0 Å². The summed E-state index contributed by atoms with van der Waals surface area (Å²) < 4.78 is 5.23. The van der Waals surface area contributed by atoms with E-state index in [0.29, 0.717) is 0 Å². The van der Waals surface area contributed by atoms with Crippen molar-refractivity contribution in [3.8, 4) is 0 Å². The zero-order chi connectivity index (χ0) is 14.8. The van der Waals surface area contributed by atoms with Crippen molar-refractivity contribution < 1.29 is 24.3 Å². The lowest BCUT2D eigenvalue weighted by molar-refractivity contribution is -0.173. The molecule has 0 unspecified atom stereocenters. The normalized spacial score (nSPS) is 23.4. The highest BCUT2D eigenvalue weighted by Gasteiger charge is 2.42. The summed E-state index contributed by atoms with van der Waals surface area (Å²) in [5, 5.41) is 10.7. The fourth-order valence-electron chi connectivity index (χ4n) is 1.87. The molecule has 19 heavy (non-hydrogen) atoms. The molecule has 1 heterocycles. The van der Waals surface area contributed by atoms with E-state index in [0.717, 1.165) is 5.06 Å². The van der Waals surface area contributed by atoms with Crippen LogP contribution in [0.25, 0.3) is 0 Å². The standard InChI is InChI=1S/C12H22N2O5/c1-12(2,3)19-11(17)14-7-8(15)6-9(14)10(16)13(4)18-5/h8-9,15H,6-7H2,1-5H3/t8-,9-/m0/s1. The molecule has 0 aromatic carbocycles. The van der Waals surface area contributed by atoms with Gasteiger partial charge in [-0.15, -0.1) is 0 Å². The number of likely N-dealkylation sites (tertiary alicyclic amines) is 1. The molecule has 2 atom stereocenters. The maximum Gasteiger partial charge on any atom is 0.411 e. The zero-order valence-corrected chi connectivity index (χ0v) is 12.0. The third-order valence-corrected chi connectivity index (χ3v) is 2.78. The number of hydroxylamine groups is 2. The molecule has 1 aliphatic heterocycles. The van der Waals surface area contributed by atoms with Crippen molar-refractivity contribution in [1.29, 1.82) is 0 Å². The molecule has 0 spiro atoms. The molecule has 1 aliphatic rings. The average molecular weight is 274 g/mol. The second kappa shape index (κ2) is 5.75. The molecule has 1 N–H and O–H groups in total. The Kier molecular flexibility index (Phi) is 4.75. The summed E-state index contributed by atoms with van der Waals surface area (Å²) in [4.78, 5) is 30.1. The Morgan fingerprint density at radius 2 is 1.95 bits per heavy atom. The van der Waals surface area contributed by atoms with Crippen molar-refractivity contribution in [3.05, 3.63) is 0 Å². The van der Waals surface area contributed by atoms with Crippen molar-refractivity contribution >= 4 is 12.0 Å². The van der Waals surface area contributed by atoms with Crippen molar-refractivity contribution in [1.82, 2.24) is 9.96 Å². The number of hydrogen-bond donors (Lipinski definition) is 1. The summed E-state index contributed by atoms with van der Waals surface area (Å²) in [7, 11) is 2.82. The number of β-amino-alcohol motifs (C(OH)–C–C–N with tert-alkyl or cyclic N) is 1. The average Bonchev–Trinajstić information content (AvgIpc) is 2.67. The van der Waals surface area contributed by atoms with Gasteiger partial charge in [0.05, 0.1) is 19.8 Å². The van der Waals surface area contributed by atoms with Crippen LogP contribution in [0, 0.1) is 0 Å². The summed E-state index contributed by atoms with van der Waals surface area (Å²) in [6.07, 6.45) is -1.15. The number of rotatable bonds is 2. The van der Waals surface area contributed by atoms with Gasteiger partial charge in [0, 0.05) is 13.5 Å². The molecule has 1 fully saturated rings. The number of likely N-dealkylation sites (N-methyl/N-ethyl adjacent to an activating group) is 1. The third-order valence-electron chi connectivity index (χ3n) is 2.78. The molecule has 1 saturated heterocycles. The molecule has 0 radical (unpaired) electrons. The summed E-state index contributed by atoms with van der Waals surface area (Å²) in [5.74, 6) is -0.384. The SMILES string of the molecule is CON(C)C(=O)[C@@H]1C[C@H](O)CN1C(=O)OC(C)(C)C. The Morgan fingerprint density at radius 1 is 1.37 bits per heavy atom. The number of ether oxygens (including phenoxy) is 1. The van der Waals surface area contributed by atoms with Crippen LogP contribution in [-0.4, -0.2) is 65.5 Å². The first kappa shape index (κ1) is 15.7. The molecule has 1 rings (SSSR count). The van der Waals surface area contributed by atoms with Gasteiger partial charge >= 0.3 is 6.09 Å². The molecule has 0 bridgehead atoms. The summed E-state index contributed by atoms with van der Waals surface area (Å²) in [5.41, 5.74) is -0.647. The maximum absolute atomic E-state index is 12.0. The van der Waals surface area contributed by atoms with Gasteiger partial charge in [-0.3, -0.25) is 14.5 Å². The number of aliphatic hydroxyl groups is 1. The van der Waals surface area contributed by atoms with Crippen LogP contribution in [0.3, 0.4) is 0 Å². The minimum absolute atomic E-state index is 0.0862. The Labute approximate surface area is 113 Å². The molecular weight excluding hydrogens is 252 g/mol. The molecule has 2 amide bonds. The Balaban J connectivity index is 2.80. The molecule has 0 saturated carbocycles. The van der Waals surface area contributed by atoms with Gasteiger partial charge in [0.1, 0.15) is 11.6 Å². The van der Waals surface area contributed by atoms with E-state index in [-0.39, 0.29) is 18.9 Å². The molecular formula is C12H22N2O5. The smallest absolute Gasteiger partial charge is 0.411 e. The van der Waals surface area contributed by atoms with E-state index < -0.39 is 23.8 Å². The van der Waals surface area contributed by atoms with Crippen LogP contribution in [0.1, 0.15) is 27.2 Å². The van der Waals surface area contributed by atoms with Crippen molar-refractivity contribution in [2.24, 2.45) is 0 Å². The highest BCUT2D eigenvalue weighted by molar-refractivity contribution is 5.85. The molecule has 0 aromatic heterocycles. The maximum atomic E-state index is 12.0. The number of hydrogen-bond acceptors (Lipinski definition) is 5. The van der Waals surface area contributed by atoms with Crippen LogP contribution in [0.2, 0.25) is 0 Å². The quantitative estimate of drug-likeness (QED) is 0.736. The van der Waals surface area contributed by atoms with Crippen LogP contribution < -0.4 is 0 Å². The van der Waals surface area contributed by atoms with Gasteiger partial charge in [-0.05, 0) is 20.8 Å². The van der Waals surface area contributed by atoms with Crippen molar-refractivity contribution in [2.45, 2.75) is 44.9 Å². The highest BCUT2D eigenvalue weighted by atomic mass is 16.7. The third kappa shape index (κ3) is 4.07. The fraction of sp³-hybridized carbons (Fsp3) is 0.833. The fourth-order valence-corrected chi connectivity index (χ4v) is 1.87. The summed E-state index contributed by atoms with van der Waals surface area (Å²) >= 11 is 0. The van der Waals surface area contributed by atoms with E-state index in [9.17, 15) is 14.7 Å². The number of aliphatic hydroxyl groups excluding tert-OH is 1. The van der Waals surface area contributed by atoms with Gasteiger partial charge in [0.15, 0.2) is 0 Å². The minimum Gasteiger partial charge on any atom is -0.444 e. The highest BCUT2D eigenvalue weighted by Crippen LogP contribution is 2.22. The van der Waals surface area contributed by atoms with E-state index in [1.807, 2.05) is 0 Å². The van der Waals surface area contributed by atoms with E-state index in [2.05, 4.69) is 0 Å². The van der Waals surface area contributed by atoms with Crippen molar-refractivity contribution in [2.75, 3.05) is 20.7 Å². The number of carbonyl (C=O) groups excluding carboxylic acids is 2. The Morgan fingerprint density at radius 3 is 2.42 bits per heavy atom. The van der Waals surface area contributed by atoms with E-state index in [1.54, 1.807) is 20.8 Å². The van der Waals surface area contributed by atoms with E-state index >= 15 is 0 Å². The second-order valence-corrected chi connectivity index (χ2v) is 5.56. The Hall–Kier alpha value is -1.34. The Bertz CT molecular complexity index is 353. The first-order chi connectivity index (χ1) is 8.65. The molecule has 7 heteroatoms. The summed E-state index contributed by atoms with van der Waals surface area (Å²) in [6, 6.07) is -0.755. The zero-order valence-electron chi connectivity index (χ0n) is 12.0. The second-order valence-electron chi connectivity index (χ2n) is 5.56. The molecule has 110 valence electrons. The number of nitrogens with zero attached hydrogens (tertiary/aromatic N) is 2. The van der Waals surface area contributed by atoms with Crippen LogP contribution in [0.15, 0.2) is 0 Å². The van der Waals surface area contributed by atoms with Gasteiger partial charge in [0.25, 0.3) is 5.91 Å². The first-order valence-corrected chi connectivity index (χ1v) is 6.15. The van der Waals surface area contributed by atoms with Crippen LogP contribution >= 0.6 is 0 Å². The summed E-state index contributed by atoms with van der Waals surface area (Å²) in [6.45, 7) is 5.32. The van der Waals surface area contributed by atoms with Gasteiger partial charge in [-0.1, -0.05) is 0 Å². The largest absolute Gasteiger partial charge is 0.444 e. The minimum atomic E-state index is -0.755. The first-order valence-electron chi connectivity index (χ1n) is 6.15. The molecule has 0 aromatic rings. The lowest BCUT2D eigenvalue weighted by Crippen LogP contribution is -2.47. The number of amides is 2. The lowest BCUT2D eigenvalue weighted by atomic mass is 10.2.